The maximum absolute atomic E-state index is 12.0. The number of methoxy groups -OCH3 is 1. The first-order valence-electron chi connectivity index (χ1n) is 6.79. The third-order valence-corrected chi connectivity index (χ3v) is 2.82. The highest BCUT2D eigenvalue weighted by atomic mass is 16.5. The van der Waals surface area contributed by atoms with Gasteiger partial charge in [-0.05, 0) is 32.0 Å². The van der Waals surface area contributed by atoms with Crippen LogP contribution in [0.15, 0.2) is 18.2 Å². The fourth-order valence-corrected chi connectivity index (χ4v) is 1.59. The maximum Gasteiger partial charge on any atom is 0.337 e. The molecule has 0 aliphatic carbocycles. The lowest BCUT2D eigenvalue weighted by Gasteiger charge is -2.17. The van der Waals surface area contributed by atoms with Crippen LogP contribution in [0.4, 0.5) is 5.69 Å². The summed E-state index contributed by atoms with van der Waals surface area (Å²) in [6.45, 7) is 5.72. The molecule has 1 unspecified atom stereocenters. The van der Waals surface area contributed by atoms with E-state index in [1.165, 1.54) is 13.2 Å². The van der Waals surface area contributed by atoms with E-state index in [0.717, 1.165) is 0 Å². The Morgan fingerprint density at radius 1 is 1.29 bits per heavy atom. The molecule has 0 heterocycles. The van der Waals surface area contributed by atoms with Crippen molar-refractivity contribution in [3.63, 3.8) is 0 Å². The number of hydrogen-bond donors (Lipinski definition) is 2. The zero-order valence-corrected chi connectivity index (χ0v) is 12.8. The number of amides is 1. The van der Waals surface area contributed by atoms with Crippen molar-refractivity contribution in [2.45, 2.75) is 26.9 Å². The smallest absolute Gasteiger partial charge is 0.337 e. The third-order valence-electron chi connectivity index (χ3n) is 2.82. The van der Waals surface area contributed by atoms with Crippen LogP contribution in [-0.4, -0.2) is 31.6 Å². The van der Waals surface area contributed by atoms with E-state index in [2.05, 4.69) is 10.1 Å². The summed E-state index contributed by atoms with van der Waals surface area (Å²) >= 11 is 0. The predicted octanol–water partition coefficient (Wildman–Crippen LogP) is 1.79. The monoisotopic (exact) mass is 294 g/mol. The van der Waals surface area contributed by atoms with Crippen molar-refractivity contribution in [2.75, 3.05) is 19.0 Å². The van der Waals surface area contributed by atoms with Crippen molar-refractivity contribution in [2.24, 2.45) is 11.7 Å². The highest BCUT2D eigenvalue weighted by Crippen LogP contribution is 2.27. The Hall–Kier alpha value is -2.08. The number of ether oxygens (including phenoxy) is 2. The molecule has 6 nitrogen and oxygen atoms in total. The van der Waals surface area contributed by atoms with Crippen LogP contribution >= 0.6 is 0 Å². The Kier molecular flexibility index (Phi) is 6.17. The molecule has 0 bridgehead atoms. The van der Waals surface area contributed by atoms with E-state index in [0.29, 0.717) is 17.0 Å². The summed E-state index contributed by atoms with van der Waals surface area (Å²) in [5.41, 5.74) is 6.24. The molecule has 0 saturated heterocycles. The molecule has 0 aliphatic rings. The SMILES string of the molecule is COC(=O)c1ccc(OC(C)C)c(NC(=O)C(C)CN)c1. The van der Waals surface area contributed by atoms with E-state index in [1.807, 2.05) is 13.8 Å². The number of hydrogen-bond acceptors (Lipinski definition) is 5. The first-order valence-corrected chi connectivity index (χ1v) is 6.79. The summed E-state index contributed by atoms with van der Waals surface area (Å²) in [6, 6.07) is 4.76. The van der Waals surface area contributed by atoms with Crippen LogP contribution in [-0.2, 0) is 9.53 Å². The molecule has 0 aliphatic heterocycles. The highest BCUT2D eigenvalue weighted by Gasteiger charge is 2.16. The molecule has 3 N–H and O–H groups in total. The predicted molar refractivity (Wildman–Crippen MR) is 80.4 cm³/mol. The standard InChI is InChI=1S/C15H22N2O4/c1-9(2)21-13-6-5-11(15(19)20-4)7-12(13)17-14(18)10(3)8-16/h5-7,9-10H,8,16H2,1-4H3,(H,17,18). The van der Waals surface area contributed by atoms with Gasteiger partial charge in [0.15, 0.2) is 0 Å². The molecule has 0 fully saturated rings. The molecule has 0 radical (unpaired) electrons. The molecule has 1 amide bonds. The normalized spacial score (nSPS) is 11.9. The number of carbonyl (C=O) groups excluding carboxylic acids is 2. The van der Waals surface area contributed by atoms with E-state index in [1.54, 1.807) is 19.1 Å². The van der Waals surface area contributed by atoms with E-state index in [4.69, 9.17) is 10.5 Å². The molecule has 116 valence electrons. The lowest BCUT2D eigenvalue weighted by molar-refractivity contribution is -0.119. The molecule has 0 spiro atoms. The number of rotatable bonds is 6. The van der Waals surface area contributed by atoms with Gasteiger partial charge in [-0.1, -0.05) is 6.92 Å². The van der Waals surface area contributed by atoms with Crippen LogP contribution in [0.1, 0.15) is 31.1 Å². The zero-order chi connectivity index (χ0) is 16.0. The minimum absolute atomic E-state index is 0.0587. The number of nitrogens with one attached hydrogen (secondary N) is 1. The third kappa shape index (κ3) is 4.75. The lowest BCUT2D eigenvalue weighted by atomic mass is 10.1. The number of carbonyl (C=O) groups is 2. The largest absolute Gasteiger partial charge is 0.489 e. The molecule has 1 aromatic carbocycles. The van der Waals surface area contributed by atoms with Gasteiger partial charge < -0.3 is 20.5 Å². The molecule has 21 heavy (non-hydrogen) atoms. The Labute approximate surface area is 124 Å². The number of anilines is 1. The van der Waals surface area contributed by atoms with Crippen LogP contribution in [0.5, 0.6) is 5.75 Å². The van der Waals surface area contributed by atoms with Gasteiger partial charge in [-0.25, -0.2) is 4.79 Å². The van der Waals surface area contributed by atoms with Crippen LogP contribution < -0.4 is 15.8 Å². The van der Waals surface area contributed by atoms with E-state index >= 15 is 0 Å². The van der Waals surface area contributed by atoms with Gasteiger partial charge in [-0.2, -0.15) is 0 Å². The Morgan fingerprint density at radius 2 is 1.95 bits per heavy atom. The van der Waals surface area contributed by atoms with E-state index in [9.17, 15) is 9.59 Å². The summed E-state index contributed by atoms with van der Waals surface area (Å²) in [5, 5.41) is 2.73. The summed E-state index contributed by atoms with van der Waals surface area (Å²) in [4.78, 5) is 23.5. The van der Waals surface area contributed by atoms with Crippen molar-refractivity contribution in [1.82, 2.24) is 0 Å². The second-order valence-corrected chi connectivity index (χ2v) is 5.00. The topological polar surface area (TPSA) is 90.6 Å². The fourth-order valence-electron chi connectivity index (χ4n) is 1.59. The van der Waals surface area contributed by atoms with Gasteiger partial charge in [0.25, 0.3) is 0 Å². The van der Waals surface area contributed by atoms with Gasteiger partial charge in [0.1, 0.15) is 5.75 Å². The molecule has 0 saturated carbocycles. The van der Waals surface area contributed by atoms with Crippen LogP contribution in [0.2, 0.25) is 0 Å². The zero-order valence-electron chi connectivity index (χ0n) is 12.8. The van der Waals surface area contributed by atoms with E-state index in [-0.39, 0.29) is 24.5 Å². The van der Waals surface area contributed by atoms with Gasteiger partial charge >= 0.3 is 5.97 Å². The van der Waals surface area contributed by atoms with Gasteiger partial charge in [-0.3, -0.25) is 4.79 Å². The molecular weight excluding hydrogens is 272 g/mol. The molecule has 1 atom stereocenters. The average molecular weight is 294 g/mol. The van der Waals surface area contributed by atoms with Crippen molar-refractivity contribution in [3.8, 4) is 5.75 Å². The van der Waals surface area contributed by atoms with Gasteiger partial charge in [0, 0.05) is 12.5 Å². The van der Waals surface area contributed by atoms with Crippen molar-refractivity contribution >= 4 is 17.6 Å². The summed E-state index contributed by atoms with van der Waals surface area (Å²) in [7, 11) is 1.30. The minimum atomic E-state index is -0.478. The van der Waals surface area contributed by atoms with Gasteiger partial charge in [-0.15, -0.1) is 0 Å². The molecule has 0 aromatic heterocycles. The molecule has 6 heteroatoms. The van der Waals surface area contributed by atoms with Gasteiger partial charge in [0.2, 0.25) is 5.91 Å². The maximum atomic E-state index is 12.0. The lowest BCUT2D eigenvalue weighted by Crippen LogP contribution is -2.27. The van der Waals surface area contributed by atoms with Crippen molar-refractivity contribution < 1.29 is 19.1 Å². The Bertz CT molecular complexity index is 514. The number of nitrogens with two attached hydrogens (primary N) is 1. The first-order chi connectivity index (χ1) is 9.88. The van der Waals surface area contributed by atoms with Crippen LogP contribution in [0.25, 0.3) is 0 Å². The first kappa shape index (κ1) is 17.0. The van der Waals surface area contributed by atoms with Crippen molar-refractivity contribution in [1.29, 1.82) is 0 Å². The minimum Gasteiger partial charge on any atom is -0.489 e. The van der Waals surface area contributed by atoms with Crippen molar-refractivity contribution in [3.05, 3.63) is 23.8 Å². The second kappa shape index (κ2) is 7.64. The number of esters is 1. The van der Waals surface area contributed by atoms with E-state index < -0.39 is 5.97 Å². The summed E-state index contributed by atoms with van der Waals surface area (Å²) in [5.74, 6) is -0.546. The van der Waals surface area contributed by atoms with Crippen LogP contribution in [0.3, 0.4) is 0 Å². The Morgan fingerprint density at radius 3 is 2.48 bits per heavy atom. The quantitative estimate of drug-likeness (QED) is 0.781. The number of benzene rings is 1. The summed E-state index contributed by atoms with van der Waals surface area (Å²) in [6.07, 6.45) is -0.0587. The molecule has 1 aromatic rings. The van der Waals surface area contributed by atoms with Gasteiger partial charge in [0.05, 0.1) is 24.5 Å². The Balaban J connectivity index is 3.10. The van der Waals surface area contributed by atoms with Crippen LogP contribution in [0, 0.1) is 5.92 Å². The molecule has 1 rings (SSSR count). The fraction of sp³-hybridized carbons (Fsp3) is 0.467. The molecular formula is C15H22N2O4. The average Bonchev–Trinajstić information content (AvgIpc) is 2.46. The summed E-state index contributed by atoms with van der Waals surface area (Å²) < 4.78 is 10.3. The highest BCUT2D eigenvalue weighted by molar-refractivity contribution is 5.97. The second-order valence-electron chi connectivity index (χ2n) is 5.00.